The SMILES string of the molecule is CC1CN(C(C)CC2COCCN2)CC1N(C)C. The molecule has 2 rings (SSSR count). The zero-order chi connectivity index (χ0) is 13.1. The molecule has 0 aromatic rings. The first-order valence-corrected chi connectivity index (χ1v) is 7.29. The van der Waals surface area contributed by atoms with Crippen LogP contribution in [0.3, 0.4) is 0 Å². The maximum atomic E-state index is 5.54. The molecule has 0 aromatic carbocycles. The number of hydrogen-bond acceptors (Lipinski definition) is 4. The quantitative estimate of drug-likeness (QED) is 0.798. The largest absolute Gasteiger partial charge is 0.379 e. The van der Waals surface area contributed by atoms with Gasteiger partial charge in [0.2, 0.25) is 0 Å². The van der Waals surface area contributed by atoms with E-state index in [0.717, 1.165) is 25.7 Å². The van der Waals surface area contributed by atoms with Gasteiger partial charge in [-0.25, -0.2) is 0 Å². The fourth-order valence-corrected chi connectivity index (χ4v) is 3.35. The third-order valence-corrected chi connectivity index (χ3v) is 4.51. The second kappa shape index (κ2) is 6.33. The molecule has 0 bridgehead atoms. The van der Waals surface area contributed by atoms with Crippen molar-refractivity contribution in [2.24, 2.45) is 5.92 Å². The van der Waals surface area contributed by atoms with Crippen LogP contribution in [0.2, 0.25) is 0 Å². The lowest BCUT2D eigenvalue weighted by atomic mass is 10.1. The first-order chi connectivity index (χ1) is 8.58. The summed E-state index contributed by atoms with van der Waals surface area (Å²) < 4.78 is 5.54. The van der Waals surface area contributed by atoms with E-state index in [1.807, 2.05) is 0 Å². The van der Waals surface area contributed by atoms with Gasteiger partial charge in [0.15, 0.2) is 0 Å². The molecule has 0 radical (unpaired) electrons. The summed E-state index contributed by atoms with van der Waals surface area (Å²) in [5.74, 6) is 0.776. The van der Waals surface area contributed by atoms with E-state index in [0.29, 0.717) is 18.1 Å². The maximum Gasteiger partial charge on any atom is 0.0620 e. The van der Waals surface area contributed by atoms with Gasteiger partial charge in [-0.15, -0.1) is 0 Å². The number of morpholine rings is 1. The highest BCUT2D eigenvalue weighted by molar-refractivity contribution is 4.90. The van der Waals surface area contributed by atoms with Crippen molar-refractivity contribution in [3.63, 3.8) is 0 Å². The van der Waals surface area contributed by atoms with E-state index in [9.17, 15) is 0 Å². The number of nitrogens with zero attached hydrogens (tertiary/aromatic N) is 2. The molecule has 2 heterocycles. The smallest absolute Gasteiger partial charge is 0.0620 e. The van der Waals surface area contributed by atoms with Crippen molar-refractivity contribution >= 4 is 0 Å². The van der Waals surface area contributed by atoms with Gasteiger partial charge in [0, 0.05) is 37.8 Å². The Morgan fingerprint density at radius 1 is 1.39 bits per heavy atom. The average molecular weight is 255 g/mol. The molecule has 2 aliphatic rings. The molecule has 4 unspecified atom stereocenters. The summed E-state index contributed by atoms with van der Waals surface area (Å²) in [5, 5.41) is 3.56. The van der Waals surface area contributed by atoms with Crippen LogP contribution in [0.1, 0.15) is 20.3 Å². The standard InChI is InChI=1S/C14H29N3O/c1-11-8-17(9-14(11)16(3)4)12(2)7-13-10-18-6-5-15-13/h11-15H,5-10H2,1-4H3. The molecule has 0 aromatic heterocycles. The van der Waals surface area contributed by atoms with E-state index in [1.54, 1.807) is 0 Å². The number of likely N-dealkylation sites (N-methyl/N-ethyl adjacent to an activating group) is 1. The van der Waals surface area contributed by atoms with Gasteiger partial charge in [-0.05, 0) is 33.4 Å². The summed E-state index contributed by atoms with van der Waals surface area (Å²) in [5.41, 5.74) is 0. The van der Waals surface area contributed by atoms with Crippen LogP contribution in [0.15, 0.2) is 0 Å². The molecule has 0 amide bonds. The summed E-state index contributed by atoms with van der Waals surface area (Å²) in [6.45, 7) is 9.94. The van der Waals surface area contributed by atoms with Crippen LogP contribution in [0, 0.1) is 5.92 Å². The van der Waals surface area contributed by atoms with E-state index < -0.39 is 0 Å². The fraction of sp³-hybridized carbons (Fsp3) is 1.00. The molecule has 0 saturated carbocycles. The molecule has 0 aliphatic carbocycles. The van der Waals surface area contributed by atoms with Crippen LogP contribution in [0.5, 0.6) is 0 Å². The van der Waals surface area contributed by atoms with E-state index in [2.05, 4.69) is 43.1 Å². The number of ether oxygens (including phenoxy) is 1. The number of likely N-dealkylation sites (tertiary alicyclic amines) is 1. The lowest BCUT2D eigenvalue weighted by Gasteiger charge is -2.31. The monoisotopic (exact) mass is 255 g/mol. The normalized spacial score (nSPS) is 36.2. The minimum Gasteiger partial charge on any atom is -0.379 e. The summed E-state index contributed by atoms with van der Waals surface area (Å²) in [7, 11) is 4.40. The fourth-order valence-electron chi connectivity index (χ4n) is 3.35. The van der Waals surface area contributed by atoms with E-state index in [1.165, 1.54) is 19.5 Å². The topological polar surface area (TPSA) is 27.7 Å². The minimum absolute atomic E-state index is 0.544. The lowest BCUT2D eigenvalue weighted by molar-refractivity contribution is 0.0636. The van der Waals surface area contributed by atoms with Crippen LogP contribution in [0.4, 0.5) is 0 Å². The second-order valence-corrected chi connectivity index (χ2v) is 6.27. The molecule has 2 saturated heterocycles. The predicted octanol–water partition coefficient (Wildman–Crippen LogP) is 0.635. The van der Waals surface area contributed by atoms with Gasteiger partial charge in [0.25, 0.3) is 0 Å². The van der Waals surface area contributed by atoms with Crippen LogP contribution in [-0.2, 0) is 4.74 Å². The molecular formula is C14H29N3O. The molecule has 106 valence electrons. The van der Waals surface area contributed by atoms with Crippen molar-refractivity contribution in [3.8, 4) is 0 Å². The second-order valence-electron chi connectivity index (χ2n) is 6.27. The molecule has 0 spiro atoms. The van der Waals surface area contributed by atoms with Crippen molar-refractivity contribution in [2.75, 3.05) is 46.9 Å². The molecule has 4 nitrogen and oxygen atoms in total. The van der Waals surface area contributed by atoms with Crippen LogP contribution < -0.4 is 5.32 Å². The average Bonchev–Trinajstić information content (AvgIpc) is 2.73. The number of rotatable bonds is 4. The minimum atomic E-state index is 0.544. The van der Waals surface area contributed by atoms with Gasteiger partial charge in [-0.2, -0.15) is 0 Å². The highest BCUT2D eigenvalue weighted by Crippen LogP contribution is 2.23. The Morgan fingerprint density at radius 3 is 2.72 bits per heavy atom. The van der Waals surface area contributed by atoms with E-state index in [-0.39, 0.29) is 0 Å². The zero-order valence-electron chi connectivity index (χ0n) is 12.4. The highest BCUT2D eigenvalue weighted by atomic mass is 16.5. The van der Waals surface area contributed by atoms with E-state index >= 15 is 0 Å². The molecule has 1 N–H and O–H groups in total. The number of hydrogen-bond donors (Lipinski definition) is 1. The Labute approximate surface area is 112 Å². The van der Waals surface area contributed by atoms with Gasteiger partial charge in [0.05, 0.1) is 13.2 Å². The van der Waals surface area contributed by atoms with Crippen LogP contribution in [0.25, 0.3) is 0 Å². The van der Waals surface area contributed by atoms with Gasteiger partial charge in [0.1, 0.15) is 0 Å². The molecule has 18 heavy (non-hydrogen) atoms. The molecular weight excluding hydrogens is 226 g/mol. The summed E-state index contributed by atoms with van der Waals surface area (Å²) in [6.07, 6.45) is 1.20. The van der Waals surface area contributed by atoms with Crippen molar-refractivity contribution in [3.05, 3.63) is 0 Å². The van der Waals surface area contributed by atoms with E-state index in [4.69, 9.17) is 4.74 Å². The van der Waals surface area contributed by atoms with Crippen molar-refractivity contribution in [1.29, 1.82) is 0 Å². The lowest BCUT2D eigenvalue weighted by Crippen LogP contribution is -2.46. The summed E-state index contributed by atoms with van der Waals surface area (Å²) >= 11 is 0. The van der Waals surface area contributed by atoms with Gasteiger partial charge in [-0.3, -0.25) is 4.90 Å². The third-order valence-electron chi connectivity index (χ3n) is 4.51. The predicted molar refractivity (Wildman–Crippen MR) is 74.9 cm³/mol. The maximum absolute atomic E-state index is 5.54. The molecule has 2 aliphatic heterocycles. The van der Waals surface area contributed by atoms with Crippen molar-refractivity contribution in [2.45, 2.75) is 38.4 Å². The Hall–Kier alpha value is -0.160. The highest BCUT2D eigenvalue weighted by Gasteiger charge is 2.33. The van der Waals surface area contributed by atoms with Crippen LogP contribution >= 0.6 is 0 Å². The first kappa shape index (κ1) is 14.3. The summed E-state index contributed by atoms with van der Waals surface area (Å²) in [4.78, 5) is 5.02. The molecule has 4 atom stereocenters. The Balaban J connectivity index is 1.80. The Bertz CT molecular complexity index is 253. The van der Waals surface area contributed by atoms with Crippen molar-refractivity contribution < 1.29 is 4.74 Å². The number of nitrogens with one attached hydrogen (secondary N) is 1. The van der Waals surface area contributed by atoms with Crippen LogP contribution in [-0.4, -0.2) is 74.9 Å². The third kappa shape index (κ3) is 3.44. The van der Waals surface area contributed by atoms with Crippen molar-refractivity contribution in [1.82, 2.24) is 15.1 Å². The van der Waals surface area contributed by atoms with Gasteiger partial charge in [-0.1, -0.05) is 6.92 Å². The Morgan fingerprint density at radius 2 is 2.17 bits per heavy atom. The summed E-state index contributed by atoms with van der Waals surface area (Å²) in [6, 6.07) is 1.90. The molecule has 2 fully saturated rings. The van der Waals surface area contributed by atoms with Gasteiger partial charge < -0.3 is 15.0 Å². The Kier molecular flexibility index (Phi) is 5.01. The molecule has 4 heteroatoms. The van der Waals surface area contributed by atoms with Gasteiger partial charge >= 0.3 is 0 Å². The zero-order valence-corrected chi connectivity index (χ0v) is 12.4. The first-order valence-electron chi connectivity index (χ1n) is 7.29.